The van der Waals surface area contributed by atoms with Gasteiger partial charge in [-0.15, -0.1) is 0 Å². The highest BCUT2D eigenvalue weighted by Gasteiger charge is 2.48. The van der Waals surface area contributed by atoms with Crippen LogP contribution in [0.4, 0.5) is 0 Å². The highest BCUT2D eigenvalue weighted by Crippen LogP contribution is 2.40. The smallest absolute Gasteiger partial charge is 0.196 e. The molecule has 0 N–H and O–H groups in total. The fourth-order valence-electron chi connectivity index (χ4n) is 2.32. The average molecular weight is 157 g/mol. The van der Waals surface area contributed by atoms with Crippen LogP contribution in [0.2, 0.25) is 0 Å². The number of nitrogens with zero attached hydrogens (tertiary/aromatic N) is 1. The quantitative estimate of drug-likeness (QED) is 0.389. The molecule has 0 radical (unpaired) electrons. The topological polar surface area (TPSA) is 32.3 Å². The van der Waals surface area contributed by atoms with Crippen molar-refractivity contribution in [2.45, 2.75) is 32.0 Å². The lowest BCUT2D eigenvalue weighted by atomic mass is 10.0. The van der Waals surface area contributed by atoms with E-state index in [9.17, 15) is 5.21 Å². The van der Waals surface area contributed by atoms with Gasteiger partial charge < -0.3 is 14.6 Å². The maximum Gasteiger partial charge on any atom is 0.196 e. The second kappa shape index (κ2) is 2.19. The highest BCUT2D eigenvalue weighted by molar-refractivity contribution is 4.80. The van der Waals surface area contributed by atoms with Gasteiger partial charge in [-0.05, 0) is 13.3 Å². The van der Waals surface area contributed by atoms with Crippen molar-refractivity contribution in [1.29, 1.82) is 0 Å². The molecule has 0 bridgehead atoms. The van der Waals surface area contributed by atoms with Crippen LogP contribution in [-0.2, 0) is 4.74 Å². The molecule has 0 amide bonds. The largest absolute Gasteiger partial charge is 0.631 e. The van der Waals surface area contributed by atoms with Crippen LogP contribution in [0, 0.1) is 11.1 Å². The van der Waals surface area contributed by atoms with Crippen molar-refractivity contribution in [2.24, 2.45) is 5.92 Å². The van der Waals surface area contributed by atoms with E-state index >= 15 is 0 Å². The zero-order valence-electron chi connectivity index (χ0n) is 7.12. The van der Waals surface area contributed by atoms with Crippen molar-refractivity contribution in [3.8, 4) is 0 Å². The summed E-state index contributed by atoms with van der Waals surface area (Å²) in [6.07, 6.45) is 2.08. The van der Waals surface area contributed by atoms with E-state index in [0.717, 1.165) is 19.4 Å². The molecule has 11 heavy (non-hydrogen) atoms. The van der Waals surface area contributed by atoms with E-state index in [1.807, 2.05) is 6.92 Å². The summed E-state index contributed by atoms with van der Waals surface area (Å²) in [6, 6.07) is 0.227. The molecule has 2 saturated heterocycles. The molecule has 2 rings (SSSR count). The van der Waals surface area contributed by atoms with Crippen LogP contribution in [-0.4, -0.2) is 30.6 Å². The van der Waals surface area contributed by atoms with Gasteiger partial charge in [0.1, 0.15) is 0 Å². The number of rotatable bonds is 0. The molecule has 2 fully saturated rings. The van der Waals surface area contributed by atoms with Gasteiger partial charge in [0.25, 0.3) is 0 Å². The van der Waals surface area contributed by atoms with Crippen LogP contribution in [0.5, 0.6) is 0 Å². The molecule has 2 heterocycles. The first-order chi connectivity index (χ1) is 5.12. The zero-order chi connectivity index (χ0) is 8.06. The molecule has 4 atom stereocenters. The summed E-state index contributed by atoms with van der Waals surface area (Å²) in [5, 5.41) is 11.9. The maximum atomic E-state index is 11.9. The minimum atomic E-state index is -0.176. The molecule has 0 aliphatic carbocycles. The number of likely N-dealkylation sites (tertiary alicyclic amines) is 1. The summed E-state index contributed by atoms with van der Waals surface area (Å²) in [5.41, 5.74) is 0. The summed E-state index contributed by atoms with van der Waals surface area (Å²) in [4.78, 5) is 0. The Hall–Kier alpha value is -0.120. The zero-order valence-corrected chi connectivity index (χ0v) is 7.12. The summed E-state index contributed by atoms with van der Waals surface area (Å²) < 4.78 is 5.25. The summed E-state index contributed by atoms with van der Waals surface area (Å²) in [5.74, 6) is 0.535. The van der Waals surface area contributed by atoms with Crippen molar-refractivity contribution >= 4 is 0 Å². The van der Waals surface area contributed by atoms with Crippen molar-refractivity contribution in [2.75, 3.05) is 13.7 Å². The predicted octanol–water partition coefficient (Wildman–Crippen LogP) is 1.09. The summed E-state index contributed by atoms with van der Waals surface area (Å²) in [6.45, 7) is 2.81. The van der Waals surface area contributed by atoms with Crippen molar-refractivity contribution in [3.05, 3.63) is 5.21 Å². The summed E-state index contributed by atoms with van der Waals surface area (Å²) in [7, 11) is 1.74. The van der Waals surface area contributed by atoms with Crippen LogP contribution in [0.25, 0.3) is 0 Å². The van der Waals surface area contributed by atoms with E-state index in [4.69, 9.17) is 4.74 Å². The number of fused-ring (bicyclic) bond motifs is 1. The van der Waals surface area contributed by atoms with Crippen LogP contribution in [0.15, 0.2) is 0 Å². The van der Waals surface area contributed by atoms with Gasteiger partial charge in [0.2, 0.25) is 0 Å². The number of quaternary nitrogens is 1. The fourth-order valence-corrected chi connectivity index (χ4v) is 2.32. The molecule has 0 aromatic carbocycles. The van der Waals surface area contributed by atoms with Crippen molar-refractivity contribution < 1.29 is 9.38 Å². The Kier molecular flexibility index (Phi) is 1.50. The number of ether oxygens (including phenoxy) is 1. The van der Waals surface area contributed by atoms with Gasteiger partial charge >= 0.3 is 0 Å². The van der Waals surface area contributed by atoms with Crippen molar-refractivity contribution in [3.63, 3.8) is 0 Å². The Balaban J connectivity index is 2.20. The third-order valence-electron chi connectivity index (χ3n) is 3.20. The summed E-state index contributed by atoms with van der Waals surface area (Å²) >= 11 is 0. The van der Waals surface area contributed by atoms with Crippen LogP contribution in [0.3, 0.4) is 0 Å². The molecule has 64 valence electrons. The Morgan fingerprint density at radius 1 is 1.55 bits per heavy atom. The van der Waals surface area contributed by atoms with E-state index in [0.29, 0.717) is 5.92 Å². The van der Waals surface area contributed by atoms with E-state index in [1.54, 1.807) is 7.05 Å². The van der Waals surface area contributed by atoms with Crippen LogP contribution in [0.1, 0.15) is 19.8 Å². The normalized spacial score (nSPS) is 56.5. The number of hydrogen-bond acceptors (Lipinski definition) is 2. The van der Waals surface area contributed by atoms with Gasteiger partial charge in [0.15, 0.2) is 6.23 Å². The lowest BCUT2D eigenvalue weighted by molar-refractivity contribution is -0.917. The lowest BCUT2D eigenvalue weighted by Gasteiger charge is -2.42. The molecule has 2 aliphatic heterocycles. The minimum Gasteiger partial charge on any atom is -0.631 e. The van der Waals surface area contributed by atoms with E-state index < -0.39 is 0 Å². The first kappa shape index (κ1) is 7.53. The van der Waals surface area contributed by atoms with Gasteiger partial charge in [-0.1, -0.05) is 0 Å². The molecule has 0 aromatic heterocycles. The molecule has 0 aromatic rings. The van der Waals surface area contributed by atoms with E-state index in [2.05, 4.69) is 0 Å². The lowest BCUT2D eigenvalue weighted by Crippen LogP contribution is -2.48. The monoisotopic (exact) mass is 157 g/mol. The minimum absolute atomic E-state index is 0.0509. The van der Waals surface area contributed by atoms with Gasteiger partial charge in [-0.25, -0.2) is 0 Å². The van der Waals surface area contributed by atoms with E-state index in [1.165, 1.54) is 0 Å². The van der Waals surface area contributed by atoms with Crippen LogP contribution < -0.4 is 0 Å². The number of hydroxylamine groups is 3. The Labute approximate surface area is 67.1 Å². The van der Waals surface area contributed by atoms with Crippen LogP contribution >= 0.6 is 0 Å². The van der Waals surface area contributed by atoms with Gasteiger partial charge in [0, 0.05) is 12.3 Å². The number of hydrogen-bond donors (Lipinski definition) is 0. The third kappa shape index (κ3) is 0.916. The second-order valence-electron chi connectivity index (χ2n) is 3.95. The molecule has 3 nitrogen and oxygen atoms in total. The average Bonchev–Trinajstić information content (AvgIpc) is 2.41. The Bertz CT molecular complexity index is 169. The molecular formula is C8H15NO2. The molecular weight excluding hydrogens is 142 g/mol. The Morgan fingerprint density at radius 3 is 2.91 bits per heavy atom. The molecule has 0 spiro atoms. The predicted molar refractivity (Wildman–Crippen MR) is 41.5 cm³/mol. The van der Waals surface area contributed by atoms with Crippen molar-refractivity contribution in [1.82, 2.24) is 0 Å². The first-order valence-corrected chi connectivity index (χ1v) is 4.31. The standard InChI is InChI=1S/C8H15NO2/c1-6-5-7-3-4-11-8(7)9(6,2)10/h6-8H,3-5H2,1-2H3. The van der Waals surface area contributed by atoms with Gasteiger partial charge in [-0.3, -0.25) is 0 Å². The molecule has 4 unspecified atom stereocenters. The maximum absolute atomic E-state index is 11.9. The second-order valence-corrected chi connectivity index (χ2v) is 3.95. The SMILES string of the molecule is CC1CC2CCOC2[N+]1(C)[O-]. The molecule has 3 heteroatoms. The molecule has 0 saturated carbocycles. The first-order valence-electron chi connectivity index (χ1n) is 4.31. The van der Waals surface area contributed by atoms with E-state index in [-0.39, 0.29) is 16.9 Å². The fraction of sp³-hybridized carbons (Fsp3) is 1.00. The molecule has 2 aliphatic rings. The highest BCUT2D eigenvalue weighted by atomic mass is 16.6. The van der Waals surface area contributed by atoms with Gasteiger partial charge in [0.05, 0.1) is 19.7 Å². The third-order valence-corrected chi connectivity index (χ3v) is 3.20. The van der Waals surface area contributed by atoms with Gasteiger partial charge in [-0.2, -0.15) is 0 Å². The Morgan fingerprint density at radius 2 is 2.27 bits per heavy atom.